The molecule has 4 N–H and O–H groups in total. The molecule has 0 spiro atoms. The van der Waals surface area contributed by atoms with Crippen molar-refractivity contribution in [1.29, 1.82) is 0 Å². The highest BCUT2D eigenvalue weighted by Gasteiger charge is 1.78. The van der Waals surface area contributed by atoms with Crippen molar-refractivity contribution in [3.63, 3.8) is 0 Å². The number of guanidine groups is 1. The van der Waals surface area contributed by atoms with Gasteiger partial charge in [-0.15, -0.1) is 0 Å². The van der Waals surface area contributed by atoms with Crippen LogP contribution in [0.25, 0.3) is 10.4 Å². The summed E-state index contributed by atoms with van der Waals surface area (Å²) in [6.45, 7) is 0.654. The fourth-order valence-corrected chi connectivity index (χ4v) is 0.269. The zero-order chi connectivity index (χ0) is 7.11. The van der Waals surface area contributed by atoms with Crippen molar-refractivity contribution in [1.82, 2.24) is 0 Å². The maximum Gasteiger partial charge on any atom is 0.185 e. The zero-order valence-electron chi connectivity index (χ0n) is 4.86. The number of azide groups is 1. The molecule has 0 unspecified atom stereocenters. The van der Waals surface area contributed by atoms with Crippen molar-refractivity contribution >= 4 is 5.96 Å². The van der Waals surface area contributed by atoms with Gasteiger partial charge in [0.2, 0.25) is 0 Å². The van der Waals surface area contributed by atoms with Crippen molar-refractivity contribution in [3.05, 3.63) is 10.4 Å². The van der Waals surface area contributed by atoms with E-state index in [9.17, 15) is 0 Å². The van der Waals surface area contributed by atoms with Crippen LogP contribution in [0.1, 0.15) is 0 Å². The predicted molar refractivity (Wildman–Crippen MR) is 34.7 cm³/mol. The second-order valence-corrected chi connectivity index (χ2v) is 1.26. The Morgan fingerprint density at radius 3 is 2.56 bits per heavy atom. The van der Waals surface area contributed by atoms with Gasteiger partial charge in [-0.25, -0.2) is 0 Å². The lowest BCUT2D eigenvalue weighted by Gasteiger charge is -1.86. The molecule has 0 rings (SSSR count). The van der Waals surface area contributed by atoms with Gasteiger partial charge >= 0.3 is 0 Å². The van der Waals surface area contributed by atoms with Crippen molar-refractivity contribution in [2.45, 2.75) is 0 Å². The van der Waals surface area contributed by atoms with E-state index in [4.69, 9.17) is 17.0 Å². The smallest absolute Gasteiger partial charge is 0.185 e. The van der Waals surface area contributed by atoms with Gasteiger partial charge in [0.15, 0.2) is 5.96 Å². The van der Waals surface area contributed by atoms with Crippen LogP contribution in [0.2, 0.25) is 0 Å². The molecule has 0 aromatic carbocycles. The molecular formula is C3H8N6. The molecule has 6 nitrogen and oxygen atoms in total. The first-order valence-electron chi connectivity index (χ1n) is 2.33. The highest BCUT2D eigenvalue weighted by Crippen LogP contribution is 1.72. The van der Waals surface area contributed by atoms with Gasteiger partial charge in [0.1, 0.15) is 0 Å². The molecule has 50 valence electrons. The lowest BCUT2D eigenvalue weighted by molar-refractivity contribution is 0.958. The molecule has 0 aromatic heterocycles. The van der Waals surface area contributed by atoms with Crippen LogP contribution in [-0.2, 0) is 0 Å². The monoisotopic (exact) mass is 128 g/mol. The van der Waals surface area contributed by atoms with Gasteiger partial charge in [-0.2, -0.15) is 0 Å². The van der Waals surface area contributed by atoms with E-state index in [0.29, 0.717) is 13.1 Å². The van der Waals surface area contributed by atoms with Crippen LogP contribution in [0.3, 0.4) is 0 Å². The molecule has 0 radical (unpaired) electrons. The Bertz CT molecular complexity index is 138. The summed E-state index contributed by atoms with van der Waals surface area (Å²) in [5, 5.41) is 3.21. The summed E-state index contributed by atoms with van der Waals surface area (Å²) in [6.07, 6.45) is 0. The molecule has 9 heavy (non-hydrogen) atoms. The van der Waals surface area contributed by atoms with Gasteiger partial charge < -0.3 is 11.5 Å². The van der Waals surface area contributed by atoms with Crippen LogP contribution in [0.4, 0.5) is 0 Å². The Kier molecular flexibility index (Phi) is 3.99. The predicted octanol–water partition coefficient (Wildman–Crippen LogP) is -0.430. The molecule has 0 heterocycles. The summed E-state index contributed by atoms with van der Waals surface area (Å²) >= 11 is 0. The largest absolute Gasteiger partial charge is 0.370 e. The number of nitrogens with two attached hydrogens (primary N) is 2. The van der Waals surface area contributed by atoms with E-state index in [0.717, 1.165) is 0 Å². The van der Waals surface area contributed by atoms with Crippen molar-refractivity contribution < 1.29 is 0 Å². The quantitative estimate of drug-likeness (QED) is 0.134. The lowest BCUT2D eigenvalue weighted by atomic mass is 10.7. The van der Waals surface area contributed by atoms with E-state index in [-0.39, 0.29) is 5.96 Å². The second kappa shape index (κ2) is 4.73. The summed E-state index contributed by atoms with van der Waals surface area (Å²) in [5.74, 6) is 0.0168. The first kappa shape index (κ1) is 7.58. The van der Waals surface area contributed by atoms with Crippen LogP contribution in [-0.4, -0.2) is 19.0 Å². The average molecular weight is 128 g/mol. The summed E-state index contributed by atoms with van der Waals surface area (Å²) in [7, 11) is 0. The summed E-state index contributed by atoms with van der Waals surface area (Å²) in [5.41, 5.74) is 17.7. The van der Waals surface area contributed by atoms with Crippen molar-refractivity contribution in [2.75, 3.05) is 13.1 Å². The van der Waals surface area contributed by atoms with E-state index >= 15 is 0 Å². The highest BCUT2D eigenvalue weighted by atomic mass is 15.1. The molecule has 0 saturated carbocycles. The van der Waals surface area contributed by atoms with E-state index in [1.165, 1.54) is 0 Å². The molecular weight excluding hydrogens is 120 g/mol. The van der Waals surface area contributed by atoms with Gasteiger partial charge in [-0.05, 0) is 5.53 Å². The first-order valence-corrected chi connectivity index (χ1v) is 2.33. The fourth-order valence-electron chi connectivity index (χ4n) is 0.269. The van der Waals surface area contributed by atoms with Crippen molar-refractivity contribution in [3.8, 4) is 0 Å². The zero-order valence-corrected chi connectivity index (χ0v) is 4.86. The number of hydrogen-bond donors (Lipinski definition) is 2. The summed E-state index contributed by atoms with van der Waals surface area (Å²) < 4.78 is 0. The first-order chi connectivity index (χ1) is 4.27. The normalized spacial score (nSPS) is 7.56. The third kappa shape index (κ3) is 6.58. The molecule has 0 aromatic rings. The van der Waals surface area contributed by atoms with Gasteiger partial charge in [0.05, 0.1) is 0 Å². The maximum atomic E-state index is 7.78. The Hall–Kier alpha value is -1.42. The minimum absolute atomic E-state index is 0.0168. The molecule has 0 saturated heterocycles. The van der Waals surface area contributed by atoms with Gasteiger partial charge in [0.25, 0.3) is 0 Å². The minimum Gasteiger partial charge on any atom is -0.370 e. The van der Waals surface area contributed by atoms with Crippen molar-refractivity contribution in [2.24, 2.45) is 21.6 Å². The third-order valence-electron chi connectivity index (χ3n) is 0.558. The Labute approximate surface area is 52.2 Å². The molecule has 0 aliphatic rings. The topological polar surface area (TPSA) is 113 Å². The average Bonchev–Trinajstić information content (AvgIpc) is 1.80. The molecule has 6 heteroatoms. The maximum absolute atomic E-state index is 7.78. The second-order valence-electron chi connectivity index (χ2n) is 1.26. The fraction of sp³-hybridized carbons (Fsp3) is 0.667. The molecule has 0 atom stereocenters. The van der Waals surface area contributed by atoms with E-state index in [2.05, 4.69) is 15.0 Å². The number of rotatable bonds is 3. The summed E-state index contributed by atoms with van der Waals surface area (Å²) in [6, 6.07) is 0. The van der Waals surface area contributed by atoms with E-state index < -0.39 is 0 Å². The molecule has 0 amide bonds. The van der Waals surface area contributed by atoms with E-state index in [1.807, 2.05) is 0 Å². The minimum atomic E-state index is 0.0168. The van der Waals surface area contributed by atoms with Gasteiger partial charge in [-0.1, -0.05) is 5.11 Å². The Morgan fingerprint density at radius 1 is 1.44 bits per heavy atom. The summed E-state index contributed by atoms with van der Waals surface area (Å²) in [4.78, 5) is 6.08. The lowest BCUT2D eigenvalue weighted by Crippen LogP contribution is -2.23. The Morgan fingerprint density at radius 2 is 2.11 bits per heavy atom. The number of aliphatic imine (C=N–C) groups is 1. The van der Waals surface area contributed by atoms with Crippen LogP contribution < -0.4 is 11.5 Å². The van der Waals surface area contributed by atoms with Gasteiger partial charge in [-0.3, -0.25) is 4.99 Å². The SMILES string of the molecule is [N-]=[N+]=NCCN=C(N)N. The number of nitrogens with zero attached hydrogens (tertiary/aromatic N) is 4. The third-order valence-corrected chi connectivity index (χ3v) is 0.558. The standard InChI is InChI=1S/C3H8N6/c4-3(5)7-1-2-8-9-6/h1-2H2,(H4,4,5,7). The molecule has 0 aliphatic heterocycles. The van der Waals surface area contributed by atoms with E-state index in [1.54, 1.807) is 0 Å². The van der Waals surface area contributed by atoms with Crippen LogP contribution in [0.15, 0.2) is 10.1 Å². The number of hydrogen-bond acceptors (Lipinski definition) is 2. The van der Waals surface area contributed by atoms with Gasteiger partial charge in [0, 0.05) is 18.0 Å². The molecule has 0 aliphatic carbocycles. The van der Waals surface area contributed by atoms with Crippen LogP contribution in [0, 0.1) is 0 Å². The highest BCUT2D eigenvalue weighted by molar-refractivity contribution is 5.75. The van der Waals surface area contributed by atoms with Crippen LogP contribution >= 0.6 is 0 Å². The Balaban J connectivity index is 3.30. The molecule has 0 fully saturated rings. The van der Waals surface area contributed by atoms with Crippen LogP contribution in [0.5, 0.6) is 0 Å². The molecule has 0 bridgehead atoms.